The Morgan fingerprint density at radius 1 is 1.17 bits per heavy atom. The Morgan fingerprint density at radius 3 is 2.63 bits per heavy atom. The third kappa shape index (κ3) is 4.72. The van der Waals surface area contributed by atoms with Gasteiger partial charge in [-0.3, -0.25) is 14.5 Å². The predicted molar refractivity (Wildman–Crippen MR) is 137 cm³/mol. The topological polar surface area (TPSA) is 59.1 Å². The van der Waals surface area contributed by atoms with Gasteiger partial charge >= 0.3 is 5.97 Å². The number of amides is 1. The average Bonchev–Trinajstić information content (AvgIpc) is 2.87. The zero-order chi connectivity index (χ0) is 25.1. The molecule has 3 unspecified atom stereocenters. The SMILES string of the molecule is C=CCN1CCC2(c3cccc(OC)c3)CC(N(C)C(=O)c3ccccc3)CCC2(OC(C)=O)C1. The lowest BCUT2D eigenvalue weighted by Gasteiger charge is -2.60. The third-order valence-electron chi connectivity index (χ3n) is 7.91. The maximum absolute atomic E-state index is 13.3. The van der Waals surface area contributed by atoms with Crippen LogP contribution in [0.3, 0.4) is 0 Å². The van der Waals surface area contributed by atoms with Crippen molar-refractivity contribution < 1.29 is 19.1 Å². The summed E-state index contributed by atoms with van der Waals surface area (Å²) in [7, 11) is 3.56. The van der Waals surface area contributed by atoms with E-state index < -0.39 is 11.0 Å². The molecule has 186 valence electrons. The van der Waals surface area contributed by atoms with E-state index in [4.69, 9.17) is 9.47 Å². The minimum atomic E-state index is -0.695. The van der Waals surface area contributed by atoms with E-state index in [1.54, 1.807) is 7.11 Å². The Kier molecular flexibility index (Phi) is 7.31. The first-order valence-corrected chi connectivity index (χ1v) is 12.3. The van der Waals surface area contributed by atoms with Crippen molar-refractivity contribution in [2.45, 2.75) is 49.7 Å². The molecule has 1 saturated heterocycles. The van der Waals surface area contributed by atoms with Gasteiger partial charge in [0.2, 0.25) is 0 Å². The Balaban J connectivity index is 1.77. The number of carbonyl (C=O) groups is 2. The minimum Gasteiger partial charge on any atom is -0.497 e. The summed E-state index contributed by atoms with van der Waals surface area (Å²) in [6.07, 6.45) is 4.86. The fraction of sp³-hybridized carbons (Fsp3) is 0.448. The fourth-order valence-electron chi connectivity index (χ4n) is 6.20. The number of piperidine rings is 1. The Bertz CT molecular complexity index is 1070. The molecule has 2 aromatic carbocycles. The second-order valence-electron chi connectivity index (χ2n) is 9.85. The molecular weight excluding hydrogens is 440 g/mol. The molecule has 0 spiro atoms. The summed E-state index contributed by atoms with van der Waals surface area (Å²) in [5, 5.41) is 0. The highest BCUT2D eigenvalue weighted by molar-refractivity contribution is 5.94. The van der Waals surface area contributed by atoms with Gasteiger partial charge in [-0.15, -0.1) is 6.58 Å². The molecule has 1 heterocycles. The zero-order valence-electron chi connectivity index (χ0n) is 21.0. The molecule has 0 N–H and O–H groups in total. The normalized spacial score (nSPS) is 26.3. The summed E-state index contributed by atoms with van der Waals surface area (Å²) in [6, 6.07) is 17.6. The van der Waals surface area contributed by atoms with Crippen molar-refractivity contribution >= 4 is 11.9 Å². The van der Waals surface area contributed by atoms with Gasteiger partial charge in [0.25, 0.3) is 5.91 Å². The van der Waals surface area contributed by atoms with Crippen LogP contribution in [0, 0.1) is 0 Å². The molecule has 0 bridgehead atoms. The van der Waals surface area contributed by atoms with Gasteiger partial charge in [0.15, 0.2) is 0 Å². The second kappa shape index (κ2) is 10.2. The number of nitrogens with zero attached hydrogens (tertiary/aromatic N) is 2. The molecule has 0 aromatic heterocycles. The van der Waals surface area contributed by atoms with Crippen molar-refractivity contribution in [1.82, 2.24) is 9.80 Å². The molecule has 1 saturated carbocycles. The van der Waals surface area contributed by atoms with Crippen LogP contribution in [-0.4, -0.2) is 67.1 Å². The zero-order valence-corrected chi connectivity index (χ0v) is 21.0. The number of hydrogen-bond acceptors (Lipinski definition) is 5. The molecule has 4 rings (SSSR count). The predicted octanol–water partition coefficient (Wildman–Crippen LogP) is 4.45. The number of hydrogen-bond donors (Lipinski definition) is 0. The van der Waals surface area contributed by atoms with E-state index in [2.05, 4.69) is 23.6 Å². The van der Waals surface area contributed by atoms with Crippen molar-refractivity contribution in [1.29, 1.82) is 0 Å². The lowest BCUT2D eigenvalue weighted by Crippen LogP contribution is -2.68. The molecule has 2 fully saturated rings. The smallest absolute Gasteiger partial charge is 0.303 e. The van der Waals surface area contributed by atoms with Crippen molar-refractivity contribution in [3.05, 3.63) is 78.4 Å². The molecule has 6 heteroatoms. The first kappa shape index (κ1) is 25.0. The van der Waals surface area contributed by atoms with Gasteiger partial charge in [0.05, 0.1) is 7.11 Å². The van der Waals surface area contributed by atoms with Crippen LogP contribution in [0.1, 0.15) is 48.5 Å². The van der Waals surface area contributed by atoms with E-state index in [9.17, 15) is 9.59 Å². The van der Waals surface area contributed by atoms with Gasteiger partial charge in [-0.1, -0.05) is 36.4 Å². The number of esters is 1. The molecule has 1 aliphatic carbocycles. The first-order valence-electron chi connectivity index (χ1n) is 12.3. The number of benzene rings is 2. The summed E-state index contributed by atoms with van der Waals surface area (Å²) >= 11 is 0. The summed E-state index contributed by atoms with van der Waals surface area (Å²) < 4.78 is 11.9. The van der Waals surface area contributed by atoms with Gasteiger partial charge in [0.1, 0.15) is 11.4 Å². The van der Waals surface area contributed by atoms with Gasteiger partial charge in [-0.05, 0) is 62.1 Å². The van der Waals surface area contributed by atoms with Crippen LogP contribution in [0.25, 0.3) is 0 Å². The summed E-state index contributed by atoms with van der Waals surface area (Å²) in [5.74, 6) is 0.517. The standard InChI is InChI=1S/C29H36N2O4/c1-5-17-31-18-16-28(24-12-9-13-26(19-24)34-4)20-25(14-15-29(28,21-31)35-22(2)32)30(3)27(33)23-10-7-6-8-11-23/h5-13,19,25H,1,14-18,20-21H2,2-4H3. The Labute approximate surface area is 208 Å². The van der Waals surface area contributed by atoms with Crippen LogP contribution in [0.2, 0.25) is 0 Å². The quantitative estimate of drug-likeness (QED) is 0.437. The van der Waals surface area contributed by atoms with E-state index in [-0.39, 0.29) is 17.9 Å². The van der Waals surface area contributed by atoms with Crippen molar-refractivity contribution in [3.63, 3.8) is 0 Å². The van der Waals surface area contributed by atoms with E-state index in [0.717, 1.165) is 37.2 Å². The van der Waals surface area contributed by atoms with Crippen molar-refractivity contribution in [3.8, 4) is 5.75 Å². The molecular formula is C29H36N2O4. The van der Waals surface area contributed by atoms with Crippen molar-refractivity contribution in [2.75, 3.05) is 33.8 Å². The van der Waals surface area contributed by atoms with Crippen LogP contribution < -0.4 is 4.74 Å². The molecule has 0 radical (unpaired) electrons. The maximum Gasteiger partial charge on any atom is 0.303 e. The number of fused-ring (bicyclic) bond motifs is 1. The summed E-state index contributed by atoms with van der Waals surface area (Å²) in [5.41, 5.74) is 0.642. The lowest BCUT2D eigenvalue weighted by molar-refractivity contribution is -0.188. The minimum absolute atomic E-state index is 0.0143. The summed E-state index contributed by atoms with van der Waals surface area (Å²) in [6.45, 7) is 7.65. The molecule has 2 aliphatic rings. The highest BCUT2D eigenvalue weighted by atomic mass is 16.6. The Morgan fingerprint density at radius 2 is 1.94 bits per heavy atom. The Hall–Kier alpha value is -3.12. The molecule has 1 amide bonds. The van der Waals surface area contributed by atoms with Crippen LogP contribution in [0.5, 0.6) is 5.75 Å². The molecule has 2 aromatic rings. The van der Waals surface area contributed by atoms with Gasteiger partial charge < -0.3 is 14.4 Å². The molecule has 6 nitrogen and oxygen atoms in total. The van der Waals surface area contributed by atoms with Gasteiger partial charge in [0, 0.05) is 44.1 Å². The number of carbonyl (C=O) groups excluding carboxylic acids is 2. The number of methoxy groups -OCH3 is 1. The van der Waals surface area contributed by atoms with E-state index in [0.29, 0.717) is 24.9 Å². The van der Waals surface area contributed by atoms with Crippen LogP contribution >= 0.6 is 0 Å². The first-order chi connectivity index (χ1) is 16.8. The highest BCUT2D eigenvalue weighted by Crippen LogP contribution is 2.54. The molecule has 1 aliphatic heterocycles. The monoisotopic (exact) mass is 476 g/mol. The van der Waals surface area contributed by atoms with Gasteiger partial charge in [-0.25, -0.2) is 0 Å². The van der Waals surface area contributed by atoms with Crippen molar-refractivity contribution in [2.24, 2.45) is 0 Å². The summed E-state index contributed by atoms with van der Waals surface area (Å²) in [4.78, 5) is 30.0. The molecule has 3 atom stereocenters. The van der Waals surface area contributed by atoms with Crippen LogP contribution in [0.15, 0.2) is 67.3 Å². The average molecular weight is 477 g/mol. The fourth-order valence-corrected chi connectivity index (χ4v) is 6.20. The maximum atomic E-state index is 13.3. The molecule has 35 heavy (non-hydrogen) atoms. The number of ether oxygens (including phenoxy) is 2. The van der Waals surface area contributed by atoms with Gasteiger partial charge in [-0.2, -0.15) is 0 Å². The van der Waals surface area contributed by atoms with E-state index >= 15 is 0 Å². The number of rotatable bonds is 7. The number of likely N-dealkylation sites (tertiary alicyclic amines) is 1. The van der Waals surface area contributed by atoms with E-state index in [1.165, 1.54) is 6.92 Å². The van der Waals surface area contributed by atoms with E-state index in [1.807, 2.05) is 60.5 Å². The van der Waals surface area contributed by atoms with Crippen LogP contribution in [0.4, 0.5) is 0 Å². The second-order valence-corrected chi connectivity index (χ2v) is 9.85. The van der Waals surface area contributed by atoms with Crippen LogP contribution in [-0.2, 0) is 14.9 Å². The third-order valence-corrected chi connectivity index (χ3v) is 7.91. The largest absolute Gasteiger partial charge is 0.497 e. The lowest BCUT2D eigenvalue weighted by atomic mass is 9.55. The highest BCUT2D eigenvalue weighted by Gasteiger charge is 2.61.